The van der Waals surface area contributed by atoms with E-state index < -0.39 is 0 Å². The number of rotatable bonds is 3. The molecule has 0 spiro atoms. The van der Waals surface area contributed by atoms with E-state index in [0.717, 1.165) is 28.7 Å². The summed E-state index contributed by atoms with van der Waals surface area (Å²) in [5.74, 6) is 0.318. The first-order valence-electron chi connectivity index (χ1n) is 9.61. The summed E-state index contributed by atoms with van der Waals surface area (Å²) in [5.41, 5.74) is 4.02. The van der Waals surface area contributed by atoms with E-state index >= 15 is 0 Å². The van der Waals surface area contributed by atoms with Gasteiger partial charge in [0, 0.05) is 41.9 Å². The lowest BCUT2D eigenvalue weighted by Gasteiger charge is -2.37. The van der Waals surface area contributed by atoms with Gasteiger partial charge in [0.05, 0.1) is 18.2 Å². The molecule has 1 aliphatic heterocycles. The number of hydrogen-bond donors (Lipinski definition) is 1. The number of ketones is 1. The number of aromatic nitrogens is 1. The van der Waals surface area contributed by atoms with Crippen LogP contribution in [0.15, 0.2) is 24.3 Å². The predicted molar refractivity (Wildman–Crippen MR) is 102 cm³/mol. The molecule has 3 nitrogen and oxygen atoms in total. The summed E-state index contributed by atoms with van der Waals surface area (Å²) >= 11 is 0. The number of carbonyl (C=O) groups is 1. The number of carbonyl (C=O) groups excluding carboxylic acids is 1. The smallest absolute Gasteiger partial charge is 0.219 e. The quantitative estimate of drug-likeness (QED) is 0.854. The van der Waals surface area contributed by atoms with E-state index in [1.165, 1.54) is 24.2 Å². The van der Waals surface area contributed by atoms with Gasteiger partial charge >= 0.3 is 0 Å². The summed E-state index contributed by atoms with van der Waals surface area (Å²) in [7, 11) is 2.06. The average molecular weight is 340 g/mol. The molecule has 25 heavy (non-hydrogen) atoms. The van der Waals surface area contributed by atoms with Crippen LogP contribution in [0.3, 0.4) is 0 Å². The van der Waals surface area contributed by atoms with Crippen molar-refractivity contribution in [2.75, 3.05) is 13.1 Å². The maximum Gasteiger partial charge on any atom is 0.219 e. The van der Waals surface area contributed by atoms with Crippen LogP contribution >= 0.6 is 0 Å². The van der Waals surface area contributed by atoms with Crippen molar-refractivity contribution in [1.82, 2.24) is 4.57 Å². The first-order valence-corrected chi connectivity index (χ1v) is 9.61. The Morgan fingerprint density at radius 1 is 1.24 bits per heavy atom. The summed E-state index contributed by atoms with van der Waals surface area (Å²) < 4.78 is 2.16. The van der Waals surface area contributed by atoms with Gasteiger partial charge < -0.3 is 9.47 Å². The Labute approximate surface area is 151 Å². The van der Waals surface area contributed by atoms with Crippen LogP contribution < -0.4 is 4.90 Å². The van der Waals surface area contributed by atoms with Gasteiger partial charge in [0.2, 0.25) is 5.78 Å². The Balaban J connectivity index is 1.63. The number of nitrogens with one attached hydrogen (secondary N) is 1. The van der Waals surface area contributed by atoms with Crippen LogP contribution in [0.1, 0.15) is 56.1 Å². The Morgan fingerprint density at radius 3 is 2.72 bits per heavy atom. The van der Waals surface area contributed by atoms with E-state index in [0.29, 0.717) is 29.2 Å². The highest BCUT2D eigenvalue weighted by atomic mass is 16.1. The molecule has 0 radical (unpaired) electrons. The second kappa shape index (κ2) is 5.44. The third-order valence-corrected chi connectivity index (χ3v) is 6.74. The minimum atomic E-state index is 0.318. The number of hydrogen-bond acceptors (Lipinski definition) is 1. The van der Waals surface area contributed by atoms with Crippen LogP contribution in [0.4, 0.5) is 0 Å². The Morgan fingerprint density at radius 2 is 1.96 bits per heavy atom. The van der Waals surface area contributed by atoms with Crippen molar-refractivity contribution in [3.05, 3.63) is 35.5 Å². The molecule has 2 aromatic rings. The molecule has 1 aliphatic carbocycles. The molecule has 1 saturated carbocycles. The van der Waals surface area contributed by atoms with Gasteiger partial charge in [-0.1, -0.05) is 39.0 Å². The average Bonchev–Trinajstić information content (AvgIpc) is 2.90. The number of aryl methyl sites for hydroxylation is 1. The molecule has 2 fully saturated rings. The maximum absolute atomic E-state index is 13.3. The van der Waals surface area contributed by atoms with Crippen LogP contribution in [-0.4, -0.2) is 29.5 Å². The van der Waals surface area contributed by atoms with Crippen molar-refractivity contribution < 1.29 is 9.69 Å². The number of benzene rings is 1. The number of nitrogens with zero attached hydrogens (tertiary/aromatic N) is 1. The summed E-state index contributed by atoms with van der Waals surface area (Å²) in [5, 5.41) is 1.11. The molecule has 3 unspecified atom stereocenters. The van der Waals surface area contributed by atoms with Gasteiger partial charge in [-0.3, -0.25) is 4.79 Å². The molecule has 2 bridgehead atoms. The highest BCUT2D eigenvalue weighted by Crippen LogP contribution is 2.47. The Bertz CT molecular complexity index is 847. The summed E-state index contributed by atoms with van der Waals surface area (Å²) in [6.45, 7) is 11.1. The summed E-state index contributed by atoms with van der Waals surface area (Å²) in [6.07, 6.45) is 3.83. The van der Waals surface area contributed by atoms with Gasteiger partial charge in [-0.2, -0.15) is 0 Å². The van der Waals surface area contributed by atoms with E-state index in [1.807, 2.05) is 12.1 Å². The van der Waals surface area contributed by atoms with Crippen molar-refractivity contribution in [1.29, 1.82) is 0 Å². The second-order valence-electron chi connectivity index (χ2n) is 9.73. The first kappa shape index (κ1) is 16.8. The van der Waals surface area contributed by atoms with Crippen LogP contribution in [0.25, 0.3) is 10.9 Å². The molecule has 0 amide bonds. The number of para-hydroxylation sites is 1. The molecule has 2 aliphatic rings. The zero-order valence-electron chi connectivity index (χ0n) is 16.3. The molecule has 4 rings (SSSR count). The largest absolute Gasteiger partial charge is 0.347 e. The lowest BCUT2D eigenvalue weighted by Crippen LogP contribution is -3.14. The van der Waals surface area contributed by atoms with Crippen molar-refractivity contribution in [2.24, 2.45) is 17.9 Å². The van der Waals surface area contributed by atoms with Gasteiger partial charge in [-0.15, -0.1) is 0 Å². The van der Waals surface area contributed by atoms with Gasteiger partial charge in [-0.25, -0.2) is 0 Å². The van der Waals surface area contributed by atoms with E-state index in [4.69, 9.17) is 0 Å². The molecule has 3 heteroatoms. The maximum atomic E-state index is 13.3. The minimum Gasteiger partial charge on any atom is -0.347 e. The molecule has 1 aromatic carbocycles. The third kappa shape index (κ3) is 2.73. The van der Waals surface area contributed by atoms with Crippen molar-refractivity contribution >= 4 is 16.7 Å². The van der Waals surface area contributed by atoms with Crippen molar-refractivity contribution in [2.45, 2.75) is 53.0 Å². The summed E-state index contributed by atoms with van der Waals surface area (Å²) in [6, 6.07) is 8.94. The monoisotopic (exact) mass is 339 g/mol. The fourth-order valence-electron chi connectivity index (χ4n) is 6.12. The Hall–Kier alpha value is -1.61. The third-order valence-electron chi connectivity index (χ3n) is 6.74. The topological polar surface area (TPSA) is 26.4 Å². The molecule has 134 valence electrons. The van der Waals surface area contributed by atoms with Gasteiger partial charge in [0.25, 0.3) is 0 Å². The first-order chi connectivity index (χ1) is 11.7. The zero-order valence-corrected chi connectivity index (χ0v) is 16.3. The predicted octanol–water partition coefficient (Wildman–Crippen LogP) is 3.15. The SMILES string of the molecule is Cc1c(C(=O)C[NH+]2CC3(C)CC2CC(C)(C)C3)c2ccccc2n1C. The lowest BCUT2D eigenvalue weighted by molar-refractivity contribution is -0.906. The van der Waals surface area contributed by atoms with Crippen LogP contribution in [0.2, 0.25) is 0 Å². The standard InChI is InChI=1S/C22H30N2O/c1-15-20(17-8-6-7-9-18(17)23(15)5)19(25)12-24-14-22(4)11-16(24)10-21(2,3)13-22/h6-9,16H,10-14H2,1-5H3/p+1. The van der Waals surface area contributed by atoms with Crippen LogP contribution in [0, 0.1) is 17.8 Å². The molecule has 1 saturated heterocycles. The van der Waals surface area contributed by atoms with E-state index in [-0.39, 0.29) is 0 Å². The lowest BCUT2D eigenvalue weighted by atomic mass is 9.65. The van der Waals surface area contributed by atoms with Crippen molar-refractivity contribution in [3.8, 4) is 0 Å². The second-order valence-corrected chi connectivity index (χ2v) is 9.73. The normalized spacial score (nSPS) is 30.8. The Kier molecular flexibility index (Phi) is 3.66. The van der Waals surface area contributed by atoms with Crippen molar-refractivity contribution in [3.63, 3.8) is 0 Å². The number of Topliss-reactive ketones (excluding diaryl/α,β-unsaturated/α-hetero) is 1. The molecular formula is C22H31N2O+. The minimum absolute atomic E-state index is 0.318. The molecule has 1 aromatic heterocycles. The molecule has 1 N–H and O–H groups in total. The van der Waals surface area contributed by atoms with Gasteiger partial charge in [0.1, 0.15) is 6.54 Å². The molecule has 2 heterocycles. The fraction of sp³-hybridized carbons (Fsp3) is 0.591. The highest BCUT2D eigenvalue weighted by Gasteiger charge is 2.53. The van der Waals surface area contributed by atoms with E-state index in [1.54, 1.807) is 0 Å². The highest BCUT2D eigenvalue weighted by molar-refractivity contribution is 6.10. The van der Waals surface area contributed by atoms with E-state index in [2.05, 4.69) is 51.4 Å². The number of fused-ring (bicyclic) bond motifs is 3. The van der Waals surface area contributed by atoms with Crippen LogP contribution in [0.5, 0.6) is 0 Å². The van der Waals surface area contributed by atoms with Gasteiger partial charge in [0.15, 0.2) is 0 Å². The summed E-state index contributed by atoms with van der Waals surface area (Å²) in [4.78, 5) is 14.8. The molecular weight excluding hydrogens is 308 g/mol. The number of quaternary nitrogens is 1. The molecule has 3 atom stereocenters. The zero-order chi connectivity index (χ0) is 18.0. The number of likely N-dealkylation sites (tertiary alicyclic amines) is 1. The van der Waals surface area contributed by atoms with Crippen LogP contribution in [-0.2, 0) is 7.05 Å². The van der Waals surface area contributed by atoms with Gasteiger partial charge in [-0.05, 0) is 24.8 Å². The fourth-order valence-corrected chi connectivity index (χ4v) is 6.12. The van der Waals surface area contributed by atoms with E-state index in [9.17, 15) is 4.79 Å².